The Morgan fingerprint density at radius 2 is 1.29 bits per heavy atom. The number of aliphatic imine (C=N–C) groups is 1. The number of esters is 1. The zero-order chi connectivity index (χ0) is 22.3. The SMILES string of the molecule is C=C[C@H](c1ccccc1)[C@H](N=C(c1ccccc1)c1ccccc1)C(=O)OC(C)(C)C. The third-order valence-corrected chi connectivity index (χ3v) is 4.79. The third kappa shape index (κ3) is 6.02. The molecule has 3 rings (SSSR count). The van der Waals surface area contributed by atoms with Gasteiger partial charge in [0.25, 0.3) is 0 Å². The van der Waals surface area contributed by atoms with Crippen molar-refractivity contribution in [1.82, 2.24) is 0 Å². The number of carbonyl (C=O) groups is 1. The van der Waals surface area contributed by atoms with E-state index in [0.29, 0.717) is 0 Å². The van der Waals surface area contributed by atoms with E-state index in [2.05, 4.69) is 6.58 Å². The molecule has 0 unspecified atom stereocenters. The van der Waals surface area contributed by atoms with Gasteiger partial charge in [-0.3, -0.25) is 4.99 Å². The van der Waals surface area contributed by atoms with Gasteiger partial charge in [-0.25, -0.2) is 4.79 Å². The van der Waals surface area contributed by atoms with Gasteiger partial charge in [0.1, 0.15) is 5.60 Å². The molecule has 0 saturated heterocycles. The molecule has 0 radical (unpaired) electrons. The minimum absolute atomic E-state index is 0.321. The standard InChI is InChI=1S/C28H29NO2/c1-5-24(21-15-9-6-10-16-21)26(27(30)31-28(2,3)4)29-25(22-17-11-7-12-18-22)23-19-13-8-14-20-23/h5-20,24,26H,1H2,2-4H3/t24-,26+/m1/s1. The van der Waals surface area contributed by atoms with E-state index in [9.17, 15) is 4.79 Å². The number of ether oxygens (including phenoxy) is 1. The molecule has 0 fully saturated rings. The van der Waals surface area contributed by atoms with Crippen molar-refractivity contribution in [1.29, 1.82) is 0 Å². The van der Waals surface area contributed by atoms with Gasteiger partial charge in [0.2, 0.25) is 0 Å². The largest absolute Gasteiger partial charge is 0.458 e. The lowest BCUT2D eigenvalue weighted by Gasteiger charge is -2.26. The Balaban J connectivity index is 2.16. The molecule has 3 aromatic carbocycles. The monoisotopic (exact) mass is 411 g/mol. The van der Waals surface area contributed by atoms with Crippen molar-refractivity contribution in [3.63, 3.8) is 0 Å². The summed E-state index contributed by atoms with van der Waals surface area (Å²) in [6, 6.07) is 28.9. The second kappa shape index (κ2) is 10.0. The zero-order valence-corrected chi connectivity index (χ0v) is 18.4. The summed E-state index contributed by atoms with van der Waals surface area (Å²) in [5.74, 6) is -0.691. The summed E-state index contributed by atoms with van der Waals surface area (Å²) in [5.41, 5.74) is 2.99. The third-order valence-electron chi connectivity index (χ3n) is 4.79. The second-order valence-electron chi connectivity index (χ2n) is 8.36. The second-order valence-corrected chi connectivity index (χ2v) is 8.36. The molecule has 0 aliphatic carbocycles. The molecule has 0 bridgehead atoms. The number of carbonyl (C=O) groups excluding carboxylic acids is 1. The first-order valence-corrected chi connectivity index (χ1v) is 10.5. The molecule has 0 spiro atoms. The van der Waals surface area contributed by atoms with Crippen molar-refractivity contribution in [2.24, 2.45) is 4.99 Å². The summed E-state index contributed by atoms with van der Waals surface area (Å²) in [4.78, 5) is 18.4. The Labute approximate surface area is 185 Å². The minimum atomic E-state index is -0.769. The van der Waals surface area contributed by atoms with E-state index in [4.69, 9.17) is 9.73 Å². The van der Waals surface area contributed by atoms with Crippen LogP contribution in [0.5, 0.6) is 0 Å². The first-order chi connectivity index (χ1) is 14.9. The van der Waals surface area contributed by atoms with Gasteiger partial charge >= 0.3 is 5.97 Å². The van der Waals surface area contributed by atoms with Crippen LogP contribution in [0.4, 0.5) is 0 Å². The number of hydrogen-bond donors (Lipinski definition) is 0. The molecule has 3 aromatic rings. The fourth-order valence-electron chi connectivity index (χ4n) is 3.41. The highest BCUT2D eigenvalue weighted by Crippen LogP contribution is 2.27. The van der Waals surface area contributed by atoms with Crippen LogP contribution in [0, 0.1) is 0 Å². The molecule has 0 saturated carbocycles. The lowest BCUT2D eigenvalue weighted by atomic mass is 9.91. The molecule has 0 aromatic heterocycles. The summed E-state index contributed by atoms with van der Waals surface area (Å²) in [6.07, 6.45) is 1.78. The number of rotatable bonds is 7. The molecule has 3 heteroatoms. The summed E-state index contributed by atoms with van der Waals surface area (Å²) < 4.78 is 5.78. The van der Waals surface area contributed by atoms with Crippen LogP contribution in [0.1, 0.15) is 43.4 Å². The summed E-state index contributed by atoms with van der Waals surface area (Å²) in [6.45, 7) is 9.62. The highest BCUT2D eigenvalue weighted by Gasteiger charge is 2.32. The summed E-state index contributed by atoms with van der Waals surface area (Å²) >= 11 is 0. The molecule has 0 aliphatic heterocycles. The van der Waals surface area contributed by atoms with E-state index in [1.807, 2.05) is 112 Å². The van der Waals surface area contributed by atoms with Crippen LogP contribution in [-0.2, 0) is 9.53 Å². The van der Waals surface area contributed by atoms with Gasteiger partial charge in [-0.15, -0.1) is 6.58 Å². The molecule has 0 N–H and O–H groups in total. The molecule has 3 nitrogen and oxygen atoms in total. The number of benzene rings is 3. The first kappa shape index (κ1) is 22.2. The van der Waals surface area contributed by atoms with Crippen LogP contribution in [0.15, 0.2) is 109 Å². The maximum absolute atomic E-state index is 13.4. The van der Waals surface area contributed by atoms with E-state index in [1.54, 1.807) is 6.08 Å². The van der Waals surface area contributed by atoms with Crippen molar-refractivity contribution in [2.75, 3.05) is 0 Å². The Bertz CT molecular complexity index is 977. The predicted molar refractivity (Wildman–Crippen MR) is 128 cm³/mol. The Morgan fingerprint density at radius 3 is 1.71 bits per heavy atom. The Morgan fingerprint density at radius 1 is 0.839 bits per heavy atom. The van der Waals surface area contributed by atoms with Crippen LogP contribution in [0.2, 0.25) is 0 Å². The lowest BCUT2D eigenvalue weighted by molar-refractivity contribution is -0.156. The topological polar surface area (TPSA) is 38.7 Å². The molecule has 158 valence electrons. The normalized spacial score (nSPS) is 13.0. The van der Waals surface area contributed by atoms with E-state index in [0.717, 1.165) is 22.4 Å². The Kier molecular flexibility index (Phi) is 7.19. The average molecular weight is 412 g/mol. The van der Waals surface area contributed by atoms with Crippen LogP contribution in [-0.4, -0.2) is 23.3 Å². The van der Waals surface area contributed by atoms with Gasteiger partial charge in [-0.1, -0.05) is 97.1 Å². The molecule has 31 heavy (non-hydrogen) atoms. The lowest BCUT2D eigenvalue weighted by Crippen LogP contribution is -2.35. The molecule has 2 atom stereocenters. The fourth-order valence-corrected chi connectivity index (χ4v) is 3.41. The molecule has 0 heterocycles. The van der Waals surface area contributed by atoms with Crippen LogP contribution in [0.25, 0.3) is 0 Å². The van der Waals surface area contributed by atoms with Crippen LogP contribution >= 0.6 is 0 Å². The highest BCUT2D eigenvalue weighted by atomic mass is 16.6. The van der Waals surface area contributed by atoms with Crippen molar-refractivity contribution >= 4 is 11.7 Å². The zero-order valence-electron chi connectivity index (χ0n) is 18.4. The fraction of sp³-hybridized carbons (Fsp3) is 0.214. The van der Waals surface area contributed by atoms with Crippen LogP contribution in [0.3, 0.4) is 0 Å². The molecule has 0 amide bonds. The summed E-state index contributed by atoms with van der Waals surface area (Å²) in [5, 5.41) is 0. The summed E-state index contributed by atoms with van der Waals surface area (Å²) in [7, 11) is 0. The van der Waals surface area contributed by atoms with Gasteiger partial charge in [-0.05, 0) is 26.3 Å². The van der Waals surface area contributed by atoms with E-state index in [-0.39, 0.29) is 11.9 Å². The quantitative estimate of drug-likeness (QED) is 0.264. The predicted octanol–water partition coefficient (Wildman–Crippen LogP) is 6.20. The van der Waals surface area contributed by atoms with Gasteiger partial charge in [0.15, 0.2) is 6.04 Å². The van der Waals surface area contributed by atoms with Gasteiger partial charge < -0.3 is 4.74 Å². The van der Waals surface area contributed by atoms with E-state index >= 15 is 0 Å². The van der Waals surface area contributed by atoms with E-state index in [1.165, 1.54) is 0 Å². The average Bonchev–Trinajstić information content (AvgIpc) is 2.77. The van der Waals surface area contributed by atoms with Gasteiger partial charge in [-0.2, -0.15) is 0 Å². The van der Waals surface area contributed by atoms with E-state index < -0.39 is 11.6 Å². The van der Waals surface area contributed by atoms with Crippen molar-refractivity contribution in [3.8, 4) is 0 Å². The number of hydrogen-bond acceptors (Lipinski definition) is 3. The first-order valence-electron chi connectivity index (χ1n) is 10.5. The van der Waals surface area contributed by atoms with Crippen molar-refractivity contribution < 1.29 is 9.53 Å². The van der Waals surface area contributed by atoms with Crippen LogP contribution < -0.4 is 0 Å². The van der Waals surface area contributed by atoms with Crippen molar-refractivity contribution in [2.45, 2.75) is 38.3 Å². The number of nitrogens with zero attached hydrogens (tertiary/aromatic N) is 1. The van der Waals surface area contributed by atoms with Gasteiger partial charge in [0, 0.05) is 17.0 Å². The smallest absolute Gasteiger partial charge is 0.332 e. The van der Waals surface area contributed by atoms with Crippen molar-refractivity contribution in [3.05, 3.63) is 120 Å². The Hall–Kier alpha value is -3.46. The maximum atomic E-state index is 13.4. The molecular formula is C28H29NO2. The maximum Gasteiger partial charge on any atom is 0.332 e. The molecule has 0 aliphatic rings. The van der Waals surface area contributed by atoms with Gasteiger partial charge in [0.05, 0.1) is 5.71 Å². The minimum Gasteiger partial charge on any atom is -0.458 e. The molecular weight excluding hydrogens is 382 g/mol. The highest BCUT2D eigenvalue weighted by molar-refractivity contribution is 6.13.